The van der Waals surface area contributed by atoms with Crippen LogP contribution in [-0.2, 0) is 32.4 Å². The van der Waals surface area contributed by atoms with Gasteiger partial charge in [0.2, 0.25) is 5.88 Å². The molecule has 1 aliphatic heterocycles. The summed E-state index contributed by atoms with van der Waals surface area (Å²) in [6.07, 6.45) is -8.05. The monoisotopic (exact) mass is 689 g/mol. The predicted octanol–water partition coefficient (Wildman–Crippen LogP) is 5.87. The van der Waals surface area contributed by atoms with Gasteiger partial charge in [-0.2, -0.15) is 26.3 Å². The number of nitrogens with zero attached hydrogens (tertiary/aromatic N) is 3. The van der Waals surface area contributed by atoms with Crippen LogP contribution in [0.1, 0.15) is 66.1 Å². The topological polar surface area (TPSA) is 106 Å². The fraction of sp³-hybridized carbons (Fsp3) is 0.519. The Kier molecular flexibility index (Phi) is 9.41. The predicted molar refractivity (Wildman–Crippen MR) is 144 cm³/mol. The van der Waals surface area contributed by atoms with Crippen molar-refractivity contribution in [2.45, 2.75) is 64.0 Å². The van der Waals surface area contributed by atoms with Gasteiger partial charge in [-0.05, 0) is 48.4 Å². The van der Waals surface area contributed by atoms with E-state index in [1.807, 2.05) is 18.7 Å². The molecule has 1 aromatic heterocycles. The van der Waals surface area contributed by atoms with Crippen LogP contribution in [0, 0.1) is 11.2 Å². The average molecular weight is 690 g/mol. The molecular formula is C27H27ClF7N3O6S. The van der Waals surface area contributed by atoms with Gasteiger partial charge in [-0.3, -0.25) is 9.69 Å². The second kappa shape index (κ2) is 12.2. The quantitative estimate of drug-likeness (QED) is 0.263. The largest absolute Gasteiger partial charge is 0.493 e. The molecule has 45 heavy (non-hydrogen) atoms. The van der Waals surface area contributed by atoms with E-state index in [0.717, 1.165) is 24.4 Å². The number of alkyl halides is 6. The zero-order valence-corrected chi connectivity index (χ0v) is 25.5. The maximum Gasteiger partial charge on any atom is 0.493 e. The van der Waals surface area contributed by atoms with Crippen molar-refractivity contribution in [2.75, 3.05) is 19.3 Å². The molecule has 1 saturated heterocycles. The summed E-state index contributed by atoms with van der Waals surface area (Å²) in [4.78, 5) is 33.8. The number of hydrogen-bond acceptors (Lipinski definition) is 8. The molecule has 0 spiro atoms. The van der Waals surface area contributed by atoms with Crippen molar-refractivity contribution in [3.8, 4) is 5.88 Å². The molecule has 1 unspecified atom stereocenters. The number of hydrogen-bond donors (Lipinski definition) is 0. The molecule has 4 rings (SSSR count). The molecule has 0 radical (unpaired) electrons. The number of amides is 1. The number of likely N-dealkylation sites (tertiary alicyclic amines) is 1. The molecule has 1 saturated carbocycles. The SMILES string of the molecule is CC1(C)CN(Cc2cc(F)c(C(=O)N(OC(=O)C(F)(F)F)S(C)(=O)=O)cc2C2CC2)CCC1Oc1cc(C(F)(F)F)c(Cl)cn1. The maximum atomic E-state index is 15.3. The fourth-order valence-electron chi connectivity index (χ4n) is 5.08. The van der Waals surface area contributed by atoms with Gasteiger partial charge in [-0.25, -0.2) is 22.6 Å². The normalized spacial score (nSPS) is 19.2. The lowest BCUT2D eigenvalue weighted by atomic mass is 9.80. The molecule has 1 atom stereocenters. The summed E-state index contributed by atoms with van der Waals surface area (Å²) in [6, 6.07) is 2.77. The molecule has 0 bridgehead atoms. The first-order valence-corrected chi connectivity index (χ1v) is 15.6. The van der Waals surface area contributed by atoms with E-state index in [9.17, 15) is 44.3 Å². The molecule has 18 heteroatoms. The number of carbonyl (C=O) groups excluding carboxylic acids is 2. The highest BCUT2D eigenvalue weighted by Gasteiger charge is 2.46. The van der Waals surface area contributed by atoms with Crippen molar-refractivity contribution >= 4 is 33.5 Å². The van der Waals surface area contributed by atoms with E-state index in [4.69, 9.17) is 16.3 Å². The third-order valence-electron chi connectivity index (χ3n) is 7.34. The lowest BCUT2D eigenvalue weighted by molar-refractivity contribution is -0.216. The summed E-state index contributed by atoms with van der Waals surface area (Å²) in [5.74, 6) is -6.43. The second-order valence-corrected chi connectivity index (χ2v) is 13.8. The van der Waals surface area contributed by atoms with Gasteiger partial charge in [0.25, 0.3) is 10.0 Å². The highest BCUT2D eigenvalue weighted by Crippen LogP contribution is 2.44. The molecule has 0 N–H and O–H groups in total. The van der Waals surface area contributed by atoms with Crippen molar-refractivity contribution < 1.29 is 58.3 Å². The van der Waals surface area contributed by atoms with Gasteiger partial charge in [0, 0.05) is 31.1 Å². The first-order chi connectivity index (χ1) is 20.6. The molecule has 1 aromatic carbocycles. The summed E-state index contributed by atoms with van der Waals surface area (Å²) in [7, 11) is -4.90. The van der Waals surface area contributed by atoms with Crippen LogP contribution >= 0.6 is 11.6 Å². The Bertz CT molecular complexity index is 1600. The number of pyridine rings is 1. The minimum atomic E-state index is -5.63. The lowest BCUT2D eigenvalue weighted by Gasteiger charge is -2.44. The van der Waals surface area contributed by atoms with E-state index in [1.165, 1.54) is 0 Å². The van der Waals surface area contributed by atoms with Crippen LogP contribution in [0.15, 0.2) is 24.4 Å². The Morgan fingerprint density at radius 2 is 1.76 bits per heavy atom. The number of sulfonamides is 1. The number of rotatable bonds is 7. The van der Waals surface area contributed by atoms with Gasteiger partial charge in [0.05, 0.1) is 28.6 Å². The minimum absolute atomic E-state index is 0.135. The van der Waals surface area contributed by atoms with E-state index in [1.54, 1.807) is 0 Å². The molecule has 2 fully saturated rings. The third kappa shape index (κ3) is 8.16. The van der Waals surface area contributed by atoms with Crippen LogP contribution in [-0.4, -0.2) is 66.3 Å². The number of benzene rings is 1. The summed E-state index contributed by atoms with van der Waals surface area (Å²) in [5, 5.41) is -0.568. The zero-order chi connectivity index (χ0) is 33.7. The van der Waals surface area contributed by atoms with Gasteiger partial charge >= 0.3 is 24.2 Å². The van der Waals surface area contributed by atoms with E-state index in [0.29, 0.717) is 49.7 Å². The molecule has 1 amide bonds. The van der Waals surface area contributed by atoms with Crippen molar-refractivity contribution in [3.05, 3.63) is 57.5 Å². The number of carbonyl (C=O) groups is 2. The van der Waals surface area contributed by atoms with Crippen molar-refractivity contribution in [1.82, 2.24) is 14.4 Å². The smallest absolute Gasteiger partial charge is 0.474 e. The summed E-state index contributed by atoms with van der Waals surface area (Å²) >= 11 is 5.65. The second-order valence-electron chi connectivity index (χ2n) is 11.6. The van der Waals surface area contributed by atoms with Gasteiger partial charge in [-0.1, -0.05) is 29.9 Å². The standard InChI is InChI=1S/C27H27ClF7N3O6S/c1-25(2)13-37(7-6-21(25)43-22-10-18(26(30,31)32)19(28)11-36-22)12-15-8-20(29)17(9-16(15)14-4-5-14)23(39)38(45(3,41)42)44-24(40)27(33,34)35/h8-11,14,21H,4-7,12-13H2,1-3H3. The van der Waals surface area contributed by atoms with Gasteiger partial charge in [-0.15, -0.1) is 0 Å². The van der Waals surface area contributed by atoms with Gasteiger partial charge in [0.15, 0.2) is 0 Å². The number of ether oxygens (including phenoxy) is 1. The Balaban J connectivity index is 1.53. The number of halogens is 8. The maximum absolute atomic E-state index is 15.3. The zero-order valence-electron chi connectivity index (χ0n) is 23.9. The van der Waals surface area contributed by atoms with Gasteiger partial charge < -0.3 is 9.57 Å². The molecule has 1 aliphatic carbocycles. The highest BCUT2D eigenvalue weighted by atomic mass is 35.5. The van der Waals surface area contributed by atoms with E-state index >= 15 is 4.39 Å². The summed E-state index contributed by atoms with van der Waals surface area (Å²) in [5.41, 5.74) is -1.71. The Morgan fingerprint density at radius 3 is 2.29 bits per heavy atom. The first kappa shape index (κ1) is 34.7. The summed E-state index contributed by atoms with van der Waals surface area (Å²) < 4.78 is 122. The fourth-order valence-corrected chi connectivity index (χ4v) is 5.89. The van der Waals surface area contributed by atoms with E-state index in [-0.39, 0.29) is 18.3 Å². The molecule has 2 aliphatic rings. The van der Waals surface area contributed by atoms with Crippen LogP contribution in [0.5, 0.6) is 5.88 Å². The van der Waals surface area contributed by atoms with E-state index < -0.39 is 72.2 Å². The lowest BCUT2D eigenvalue weighted by Crippen LogP contribution is -2.50. The highest BCUT2D eigenvalue weighted by molar-refractivity contribution is 7.88. The number of hydroxylamine groups is 1. The van der Waals surface area contributed by atoms with Gasteiger partial charge in [0.1, 0.15) is 11.9 Å². The Labute approximate surface area is 258 Å². The molecule has 2 heterocycles. The third-order valence-corrected chi connectivity index (χ3v) is 8.49. The van der Waals surface area contributed by atoms with Crippen molar-refractivity contribution in [1.29, 1.82) is 0 Å². The Hall–Kier alpha value is -3.18. The Morgan fingerprint density at radius 1 is 1.11 bits per heavy atom. The van der Waals surface area contributed by atoms with Crippen LogP contribution in [0.4, 0.5) is 30.7 Å². The van der Waals surface area contributed by atoms with Crippen LogP contribution in [0.25, 0.3) is 0 Å². The van der Waals surface area contributed by atoms with Crippen molar-refractivity contribution in [2.24, 2.45) is 5.41 Å². The van der Waals surface area contributed by atoms with Crippen molar-refractivity contribution in [3.63, 3.8) is 0 Å². The number of piperidine rings is 1. The minimum Gasteiger partial charge on any atom is -0.474 e. The average Bonchev–Trinajstić information content (AvgIpc) is 3.72. The van der Waals surface area contributed by atoms with Crippen LogP contribution < -0.4 is 4.74 Å². The first-order valence-electron chi connectivity index (χ1n) is 13.4. The van der Waals surface area contributed by atoms with Crippen LogP contribution in [0.3, 0.4) is 0 Å². The molecule has 2 aromatic rings. The summed E-state index contributed by atoms with van der Waals surface area (Å²) in [6.45, 7) is 4.53. The molecule has 248 valence electrons. The molecule has 9 nitrogen and oxygen atoms in total. The molecular weight excluding hydrogens is 663 g/mol. The van der Waals surface area contributed by atoms with Crippen LogP contribution in [0.2, 0.25) is 5.02 Å². The number of aromatic nitrogens is 1. The van der Waals surface area contributed by atoms with E-state index in [2.05, 4.69) is 9.82 Å².